The Hall–Kier alpha value is 0.310. The van der Waals surface area contributed by atoms with Crippen molar-refractivity contribution in [3.63, 3.8) is 0 Å². The first-order valence-corrected chi connectivity index (χ1v) is 5.32. The van der Waals surface area contributed by atoms with E-state index in [4.69, 9.17) is 0 Å². The van der Waals surface area contributed by atoms with Gasteiger partial charge in [0.2, 0.25) is 0 Å². The fourth-order valence-corrected chi connectivity index (χ4v) is 2.39. The van der Waals surface area contributed by atoms with Gasteiger partial charge in [0.25, 0.3) is 0 Å². The summed E-state index contributed by atoms with van der Waals surface area (Å²) in [6.07, 6.45) is 3.60. The minimum atomic E-state index is 0.817. The maximum atomic E-state index is 2.46. The molecule has 1 rings (SSSR count). The molecule has 0 aromatic carbocycles. The van der Waals surface area contributed by atoms with Gasteiger partial charge in [-0.3, -0.25) is 0 Å². The number of likely N-dealkylation sites (tertiary alicyclic amines) is 1. The number of thioether (sulfide) groups is 1. The van der Waals surface area contributed by atoms with Gasteiger partial charge >= 0.3 is 0 Å². The van der Waals surface area contributed by atoms with Crippen molar-refractivity contribution in [1.82, 2.24) is 4.90 Å². The Bertz CT molecular complexity index is 95.4. The predicted octanol–water partition coefficient (Wildman–Crippen LogP) is 1.69. The number of hydrogen-bond acceptors (Lipinski definition) is 2. The van der Waals surface area contributed by atoms with Crippen molar-refractivity contribution in [2.24, 2.45) is 5.92 Å². The Balaban J connectivity index is 2.27. The SMILES string of the molecule is CSCC1C[C@@H](C)N(C)C1. The first kappa shape index (κ1) is 8.41. The molecule has 1 aliphatic heterocycles. The predicted molar refractivity (Wildman–Crippen MR) is 48.6 cm³/mol. The normalized spacial score (nSPS) is 35.1. The van der Waals surface area contributed by atoms with Crippen LogP contribution in [0.2, 0.25) is 0 Å². The quantitative estimate of drug-likeness (QED) is 0.603. The largest absolute Gasteiger partial charge is 0.303 e. The molecule has 1 aliphatic rings. The molecule has 0 saturated carbocycles. The van der Waals surface area contributed by atoms with E-state index in [9.17, 15) is 0 Å². The van der Waals surface area contributed by atoms with Gasteiger partial charge in [-0.05, 0) is 38.3 Å². The molecule has 1 unspecified atom stereocenters. The molecule has 2 heteroatoms. The van der Waals surface area contributed by atoms with Crippen molar-refractivity contribution >= 4 is 11.8 Å². The highest BCUT2D eigenvalue weighted by molar-refractivity contribution is 7.98. The summed E-state index contributed by atoms with van der Waals surface area (Å²) in [6.45, 7) is 3.63. The summed E-state index contributed by atoms with van der Waals surface area (Å²) in [5.74, 6) is 2.30. The smallest absolute Gasteiger partial charge is 0.00674 e. The van der Waals surface area contributed by atoms with Crippen LogP contribution in [0, 0.1) is 5.92 Å². The van der Waals surface area contributed by atoms with Gasteiger partial charge in [-0.25, -0.2) is 0 Å². The average Bonchev–Trinajstić information content (AvgIpc) is 2.14. The second kappa shape index (κ2) is 3.63. The van der Waals surface area contributed by atoms with E-state index in [-0.39, 0.29) is 0 Å². The van der Waals surface area contributed by atoms with Crippen LogP contribution in [0.3, 0.4) is 0 Å². The van der Waals surface area contributed by atoms with Crippen LogP contribution in [0.25, 0.3) is 0 Å². The van der Waals surface area contributed by atoms with Crippen LogP contribution >= 0.6 is 11.8 Å². The van der Waals surface area contributed by atoms with Gasteiger partial charge in [-0.1, -0.05) is 0 Å². The van der Waals surface area contributed by atoms with Crippen LogP contribution in [0.4, 0.5) is 0 Å². The molecule has 0 bridgehead atoms. The molecule has 10 heavy (non-hydrogen) atoms. The van der Waals surface area contributed by atoms with Gasteiger partial charge < -0.3 is 4.90 Å². The molecule has 0 spiro atoms. The van der Waals surface area contributed by atoms with Crippen LogP contribution in [0.5, 0.6) is 0 Å². The monoisotopic (exact) mass is 159 g/mol. The minimum absolute atomic E-state index is 0.817. The van der Waals surface area contributed by atoms with E-state index >= 15 is 0 Å². The second-order valence-corrected chi connectivity index (χ2v) is 4.26. The molecule has 1 fully saturated rings. The zero-order valence-corrected chi connectivity index (χ0v) is 7.95. The molecule has 0 amide bonds. The third-order valence-corrected chi connectivity index (χ3v) is 3.18. The molecule has 60 valence electrons. The summed E-state index contributed by atoms with van der Waals surface area (Å²) in [7, 11) is 2.23. The Morgan fingerprint density at radius 3 is 2.70 bits per heavy atom. The third-order valence-electron chi connectivity index (χ3n) is 2.38. The number of hydrogen-bond donors (Lipinski definition) is 0. The number of nitrogens with zero attached hydrogens (tertiary/aromatic N) is 1. The van der Waals surface area contributed by atoms with E-state index in [0.29, 0.717) is 0 Å². The van der Waals surface area contributed by atoms with E-state index in [1.807, 2.05) is 11.8 Å². The van der Waals surface area contributed by atoms with Gasteiger partial charge in [0.15, 0.2) is 0 Å². The summed E-state index contributed by atoms with van der Waals surface area (Å²) in [5.41, 5.74) is 0. The van der Waals surface area contributed by atoms with Crippen molar-refractivity contribution in [1.29, 1.82) is 0 Å². The molecular formula is C8H17NS. The molecule has 1 saturated heterocycles. The summed E-state index contributed by atoms with van der Waals surface area (Å²) < 4.78 is 0. The Labute approximate surface area is 68.2 Å². The maximum absolute atomic E-state index is 2.46. The molecule has 1 nitrogen and oxygen atoms in total. The van der Waals surface area contributed by atoms with Crippen LogP contribution in [0.1, 0.15) is 13.3 Å². The average molecular weight is 159 g/mol. The van der Waals surface area contributed by atoms with Crippen LogP contribution < -0.4 is 0 Å². The Morgan fingerprint density at radius 1 is 1.60 bits per heavy atom. The zero-order chi connectivity index (χ0) is 7.56. The standard InChI is InChI=1S/C8H17NS/c1-7-4-8(6-10-3)5-9(7)2/h7-8H,4-6H2,1-3H3/t7-,8?/m1/s1. The molecule has 0 aromatic rings. The van der Waals surface area contributed by atoms with Gasteiger partial charge in [-0.15, -0.1) is 0 Å². The lowest BCUT2D eigenvalue weighted by molar-refractivity contribution is 0.327. The molecular weight excluding hydrogens is 142 g/mol. The second-order valence-electron chi connectivity index (χ2n) is 3.35. The van der Waals surface area contributed by atoms with Gasteiger partial charge in [0.05, 0.1) is 0 Å². The third kappa shape index (κ3) is 1.89. The molecule has 0 aliphatic carbocycles. The van der Waals surface area contributed by atoms with Gasteiger partial charge in [0.1, 0.15) is 0 Å². The summed E-state index contributed by atoms with van der Waals surface area (Å²) >= 11 is 1.98. The highest BCUT2D eigenvalue weighted by atomic mass is 32.2. The topological polar surface area (TPSA) is 3.24 Å². The van der Waals surface area contributed by atoms with Crippen molar-refractivity contribution in [3.8, 4) is 0 Å². The van der Waals surface area contributed by atoms with Crippen molar-refractivity contribution in [2.75, 3.05) is 25.6 Å². The highest BCUT2D eigenvalue weighted by Crippen LogP contribution is 2.23. The first-order valence-electron chi connectivity index (χ1n) is 3.93. The molecule has 0 N–H and O–H groups in total. The fourth-order valence-electron chi connectivity index (χ4n) is 1.68. The van der Waals surface area contributed by atoms with Crippen LogP contribution in [-0.4, -0.2) is 36.5 Å². The van der Waals surface area contributed by atoms with Crippen LogP contribution in [-0.2, 0) is 0 Å². The van der Waals surface area contributed by atoms with Crippen molar-refractivity contribution in [3.05, 3.63) is 0 Å². The van der Waals surface area contributed by atoms with Gasteiger partial charge in [0, 0.05) is 12.6 Å². The zero-order valence-electron chi connectivity index (χ0n) is 7.13. The fraction of sp³-hybridized carbons (Fsp3) is 1.00. The van der Waals surface area contributed by atoms with E-state index in [1.165, 1.54) is 18.7 Å². The van der Waals surface area contributed by atoms with Crippen molar-refractivity contribution < 1.29 is 0 Å². The molecule has 1 heterocycles. The Kier molecular flexibility index (Phi) is 3.05. The first-order chi connectivity index (χ1) is 4.74. The summed E-state index contributed by atoms with van der Waals surface area (Å²) in [6, 6.07) is 0.817. The summed E-state index contributed by atoms with van der Waals surface area (Å²) in [5, 5.41) is 0. The van der Waals surface area contributed by atoms with Crippen molar-refractivity contribution in [2.45, 2.75) is 19.4 Å². The Morgan fingerprint density at radius 2 is 2.30 bits per heavy atom. The molecule has 0 radical (unpaired) electrons. The van der Waals surface area contributed by atoms with E-state index < -0.39 is 0 Å². The molecule has 2 atom stereocenters. The van der Waals surface area contributed by atoms with E-state index in [0.717, 1.165) is 12.0 Å². The molecule has 0 aromatic heterocycles. The minimum Gasteiger partial charge on any atom is -0.303 e. The maximum Gasteiger partial charge on any atom is 0.00674 e. The van der Waals surface area contributed by atoms with Crippen LogP contribution in [0.15, 0.2) is 0 Å². The summed E-state index contributed by atoms with van der Waals surface area (Å²) in [4.78, 5) is 2.46. The highest BCUT2D eigenvalue weighted by Gasteiger charge is 2.24. The van der Waals surface area contributed by atoms with E-state index in [2.05, 4.69) is 25.1 Å². The lowest BCUT2D eigenvalue weighted by atomic mass is 10.1. The lowest BCUT2D eigenvalue weighted by Crippen LogP contribution is -2.21. The van der Waals surface area contributed by atoms with E-state index in [1.54, 1.807) is 0 Å². The number of rotatable bonds is 2. The van der Waals surface area contributed by atoms with Gasteiger partial charge in [-0.2, -0.15) is 11.8 Å². The lowest BCUT2D eigenvalue weighted by Gasteiger charge is -2.12.